The van der Waals surface area contributed by atoms with E-state index < -0.39 is 0 Å². The minimum Gasteiger partial charge on any atom is -0.317 e. The molecule has 21 heavy (non-hydrogen) atoms. The third-order valence-electron chi connectivity index (χ3n) is 5.42. The molecule has 0 amide bonds. The second-order valence-corrected chi connectivity index (χ2v) is 6.85. The van der Waals surface area contributed by atoms with E-state index in [-0.39, 0.29) is 0 Å². The van der Waals surface area contributed by atoms with Crippen molar-refractivity contribution in [3.63, 3.8) is 0 Å². The van der Waals surface area contributed by atoms with Crippen LogP contribution in [0.5, 0.6) is 0 Å². The molecule has 1 aliphatic heterocycles. The molecule has 1 aliphatic carbocycles. The summed E-state index contributed by atoms with van der Waals surface area (Å²) < 4.78 is 2.17. The molecule has 118 valence electrons. The third kappa shape index (κ3) is 3.64. The van der Waals surface area contributed by atoms with Crippen LogP contribution in [0, 0.1) is 5.41 Å². The Bertz CT molecular complexity index is 426. The summed E-state index contributed by atoms with van der Waals surface area (Å²) in [6, 6.07) is 0.664. The van der Waals surface area contributed by atoms with Crippen molar-refractivity contribution in [1.29, 1.82) is 0 Å². The normalized spacial score (nSPS) is 22.7. The van der Waals surface area contributed by atoms with Gasteiger partial charge < -0.3 is 15.2 Å². The van der Waals surface area contributed by atoms with Crippen LogP contribution < -0.4 is 10.6 Å². The zero-order valence-electron chi connectivity index (χ0n) is 13.3. The molecule has 3 rings (SSSR count). The van der Waals surface area contributed by atoms with Gasteiger partial charge in [0, 0.05) is 12.6 Å². The third-order valence-corrected chi connectivity index (χ3v) is 5.42. The summed E-state index contributed by atoms with van der Waals surface area (Å²) in [6.07, 6.45) is 11.2. The van der Waals surface area contributed by atoms with E-state index in [1.54, 1.807) is 0 Å². The van der Waals surface area contributed by atoms with E-state index in [1.165, 1.54) is 51.6 Å². The van der Waals surface area contributed by atoms with Gasteiger partial charge in [-0.2, -0.15) is 0 Å². The number of rotatable bonds is 5. The van der Waals surface area contributed by atoms with Crippen molar-refractivity contribution < 1.29 is 0 Å². The molecular weight excluding hydrogens is 262 g/mol. The number of piperidine rings is 1. The van der Waals surface area contributed by atoms with Crippen LogP contribution in [0.15, 0.2) is 6.33 Å². The number of nitrogens with zero attached hydrogens (tertiary/aromatic N) is 3. The molecule has 1 saturated heterocycles. The van der Waals surface area contributed by atoms with Gasteiger partial charge in [-0.3, -0.25) is 0 Å². The zero-order valence-corrected chi connectivity index (χ0v) is 13.3. The number of hydrogen-bond donors (Lipinski definition) is 2. The van der Waals surface area contributed by atoms with E-state index >= 15 is 0 Å². The van der Waals surface area contributed by atoms with Crippen LogP contribution in [0.3, 0.4) is 0 Å². The maximum absolute atomic E-state index is 4.24. The summed E-state index contributed by atoms with van der Waals surface area (Å²) in [7, 11) is 0. The van der Waals surface area contributed by atoms with Crippen LogP contribution in [-0.2, 0) is 13.1 Å². The maximum atomic E-state index is 4.24. The molecule has 1 saturated carbocycles. The molecule has 2 aliphatic rings. The van der Waals surface area contributed by atoms with Crippen molar-refractivity contribution in [2.75, 3.05) is 13.1 Å². The van der Waals surface area contributed by atoms with Gasteiger partial charge in [-0.25, -0.2) is 0 Å². The highest BCUT2D eigenvalue weighted by atomic mass is 15.3. The Kier molecular flexibility index (Phi) is 4.91. The van der Waals surface area contributed by atoms with Gasteiger partial charge >= 0.3 is 0 Å². The van der Waals surface area contributed by atoms with Crippen LogP contribution in [0.4, 0.5) is 0 Å². The predicted molar refractivity (Wildman–Crippen MR) is 83.9 cm³/mol. The number of nitrogens with one attached hydrogen (secondary N) is 2. The molecule has 5 heteroatoms. The van der Waals surface area contributed by atoms with Crippen LogP contribution in [0.1, 0.15) is 57.7 Å². The van der Waals surface area contributed by atoms with Gasteiger partial charge in [0.2, 0.25) is 0 Å². The van der Waals surface area contributed by atoms with Crippen molar-refractivity contribution in [3.8, 4) is 0 Å². The van der Waals surface area contributed by atoms with E-state index in [1.807, 2.05) is 6.33 Å². The average Bonchev–Trinajstić information content (AvgIpc) is 2.96. The average molecular weight is 291 g/mol. The highest BCUT2D eigenvalue weighted by molar-refractivity contribution is 4.92. The van der Waals surface area contributed by atoms with Gasteiger partial charge in [0.25, 0.3) is 0 Å². The van der Waals surface area contributed by atoms with Gasteiger partial charge in [0.05, 0.1) is 6.54 Å². The first-order valence-electron chi connectivity index (χ1n) is 8.62. The van der Waals surface area contributed by atoms with Crippen LogP contribution in [-0.4, -0.2) is 33.9 Å². The number of hydrogen-bond acceptors (Lipinski definition) is 4. The Labute approximate surface area is 127 Å². The standard InChI is InChI=1S/C16H29N5/c1-2-11-21-13-19-20-15(21)12-18-14-3-5-16(6-4-14)7-9-17-10-8-16/h13-14,17-18H,2-12H2,1H3. The summed E-state index contributed by atoms with van der Waals surface area (Å²) in [5, 5.41) is 15.5. The summed E-state index contributed by atoms with van der Waals surface area (Å²) in [6.45, 7) is 6.51. The minimum absolute atomic E-state index is 0.658. The SMILES string of the molecule is CCCn1cnnc1CNC1CCC2(CCNCC2)CC1. The second kappa shape index (κ2) is 6.88. The minimum atomic E-state index is 0.658. The lowest BCUT2D eigenvalue weighted by Crippen LogP contribution is -2.43. The molecule has 1 aromatic rings. The highest BCUT2D eigenvalue weighted by Gasteiger charge is 2.35. The maximum Gasteiger partial charge on any atom is 0.146 e. The summed E-state index contributed by atoms with van der Waals surface area (Å²) in [5.41, 5.74) is 0.658. The second-order valence-electron chi connectivity index (χ2n) is 6.85. The molecule has 0 atom stereocenters. The first-order chi connectivity index (χ1) is 10.3. The largest absolute Gasteiger partial charge is 0.317 e. The van der Waals surface area contributed by atoms with Crippen molar-refractivity contribution in [1.82, 2.24) is 25.4 Å². The zero-order chi connectivity index (χ0) is 14.5. The van der Waals surface area contributed by atoms with E-state index in [4.69, 9.17) is 0 Å². The molecule has 2 heterocycles. The van der Waals surface area contributed by atoms with E-state index in [0.29, 0.717) is 11.5 Å². The first-order valence-corrected chi connectivity index (χ1v) is 8.62. The van der Waals surface area contributed by atoms with E-state index in [0.717, 1.165) is 25.3 Å². The molecule has 0 unspecified atom stereocenters. The van der Waals surface area contributed by atoms with Gasteiger partial charge in [-0.15, -0.1) is 10.2 Å². The summed E-state index contributed by atoms with van der Waals surface area (Å²) >= 11 is 0. The Morgan fingerprint density at radius 3 is 2.76 bits per heavy atom. The fourth-order valence-electron chi connectivity index (χ4n) is 3.97. The molecule has 1 spiro atoms. The lowest BCUT2D eigenvalue weighted by atomic mass is 9.67. The van der Waals surface area contributed by atoms with Crippen molar-refractivity contribution >= 4 is 0 Å². The number of aryl methyl sites for hydroxylation is 1. The lowest BCUT2D eigenvalue weighted by Gasteiger charge is -2.43. The van der Waals surface area contributed by atoms with Crippen LogP contribution in [0.2, 0.25) is 0 Å². The lowest BCUT2D eigenvalue weighted by molar-refractivity contribution is 0.115. The molecule has 2 N–H and O–H groups in total. The van der Waals surface area contributed by atoms with E-state index in [2.05, 4.69) is 32.3 Å². The van der Waals surface area contributed by atoms with Gasteiger partial charge in [0.1, 0.15) is 12.2 Å². The summed E-state index contributed by atoms with van der Waals surface area (Å²) in [5.74, 6) is 1.08. The summed E-state index contributed by atoms with van der Waals surface area (Å²) in [4.78, 5) is 0. The van der Waals surface area contributed by atoms with Gasteiger partial charge in [-0.05, 0) is 63.5 Å². The molecule has 1 aromatic heterocycles. The molecule has 5 nitrogen and oxygen atoms in total. The van der Waals surface area contributed by atoms with Crippen molar-refractivity contribution in [3.05, 3.63) is 12.2 Å². The topological polar surface area (TPSA) is 54.8 Å². The predicted octanol–water partition coefficient (Wildman–Crippen LogP) is 2.09. The first kappa shape index (κ1) is 15.0. The Balaban J connectivity index is 1.46. The Morgan fingerprint density at radius 2 is 2.05 bits per heavy atom. The van der Waals surface area contributed by atoms with Crippen LogP contribution in [0.25, 0.3) is 0 Å². The van der Waals surface area contributed by atoms with E-state index in [9.17, 15) is 0 Å². The Morgan fingerprint density at radius 1 is 1.29 bits per heavy atom. The van der Waals surface area contributed by atoms with Gasteiger partial charge in [-0.1, -0.05) is 6.92 Å². The molecular formula is C16H29N5. The Hall–Kier alpha value is -0.940. The number of aromatic nitrogens is 3. The fraction of sp³-hybridized carbons (Fsp3) is 0.875. The molecule has 2 fully saturated rings. The quantitative estimate of drug-likeness (QED) is 0.872. The monoisotopic (exact) mass is 291 g/mol. The van der Waals surface area contributed by atoms with Crippen LogP contribution >= 0.6 is 0 Å². The highest BCUT2D eigenvalue weighted by Crippen LogP contribution is 2.43. The molecule has 0 radical (unpaired) electrons. The molecule has 0 bridgehead atoms. The van der Waals surface area contributed by atoms with Gasteiger partial charge in [0.15, 0.2) is 0 Å². The fourth-order valence-corrected chi connectivity index (χ4v) is 3.97. The van der Waals surface area contributed by atoms with Crippen molar-refractivity contribution in [2.45, 2.75) is 71.0 Å². The van der Waals surface area contributed by atoms with Crippen molar-refractivity contribution in [2.24, 2.45) is 5.41 Å². The smallest absolute Gasteiger partial charge is 0.146 e. The molecule has 0 aromatic carbocycles.